The molecule has 17 heavy (non-hydrogen) atoms. The first-order chi connectivity index (χ1) is 8.06. The first-order valence-corrected chi connectivity index (χ1v) is 5.88. The molecule has 0 aliphatic rings. The van der Waals surface area contributed by atoms with Gasteiger partial charge >= 0.3 is 0 Å². The third kappa shape index (κ3) is 2.74. The molecule has 0 aliphatic carbocycles. The molecule has 0 atom stereocenters. The molecule has 88 valence electrons. The molecule has 1 aromatic carbocycles. The average molecular weight is 294 g/mol. The second-order valence-electron chi connectivity index (χ2n) is 3.69. The summed E-state index contributed by atoms with van der Waals surface area (Å²) in [7, 11) is 0. The average Bonchev–Trinajstić information content (AvgIpc) is 2.23. The summed E-state index contributed by atoms with van der Waals surface area (Å²) < 4.78 is 6.61. The lowest BCUT2D eigenvalue weighted by Gasteiger charge is -2.11. The van der Waals surface area contributed by atoms with E-state index in [2.05, 4.69) is 25.9 Å². The van der Waals surface area contributed by atoms with Crippen LogP contribution in [0.3, 0.4) is 0 Å². The van der Waals surface area contributed by atoms with Crippen molar-refractivity contribution in [1.29, 1.82) is 0 Å². The SMILES string of the molecule is Cc1nccc(Oc2c(C)cc(Br)cc2N)n1. The Morgan fingerprint density at radius 3 is 2.71 bits per heavy atom. The Morgan fingerprint density at radius 1 is 1.29 bits per heavy atom. The molecule has 5 heteroatoms. The molecule has 4 nitrogen and oxygen atoms in total. The molecule has 0 fully saturated rings. The monoisotopic (exact) mass is 293 g/mol. The zero-order valence-corrected chi connectivity index (χ0v) is 11.2. The standard InChI is InChI=1S/C12H12BrN3O/c1-7-5-9(13)6-10(14)12(7)17-11-3-4-15-8(2)16-11/h3-6H,14H2,1-2H3. The van der Waals surface area contributed by atoms with Crippen molar-refractivity contribution < 1.29 is 4.74 Å². The maximum absolute atomic E-state index is 5.91. The van der Waals surface area contributed by atoms with Gasteiger partial charge in [0.05, 0.1) is 5.69 Å². The molecule has 2 aromatic rings. The van der Waals surface area contributed by atoms with E-state index in [0.717, 1.165) is 10.0 Å². The van der Waals surface area contributed by atoms with Crippen LogP contribution < -0.4 is 10.5 Å². The molecule has 2 N–H and O–H groups in total. The molecule has 0 spiro atoms. The normalized spacial score (nSPS) is 10.3. The van der Waals surface area contributed by atoms with E-state index in [1.165, 1.54) is 0 Å². The van der Waals surface area contributed by atoms with E-state index in [-0.39, 0.29) is 0 Å². The summed E-state index contributed by atoms with van der Waals surface area (Å²) in [5.41, 5.74) is 7.44. The van der Waals surface area contributed by atoms with Crippen molar-refractivity contribution in [3.63, 3.8) is 0 Å². The highest BCUT2D eigenvalue weighted by Gasteiger charge is 2.08. The van der Waals surface area contributed by atoms with Gasteiger partial charge < -0.3 is 10.5 Å². The first kappa shape index (κ1) is 11.9. The molecule has 0 saturated heterocycles. The van der Waals surface area contributed by atoms with Gasteiger partial charge in [0, 0.05) is 16.7 Å². The fourth-order valence-corrected chi connectivity index (χ4v) is 2.08. The highest BCUT2D eigenvalue weighted by molar-refractivity contribution is 9.10. The Bertz CT molecular complexity index is 534. The number of benzene rings is 1. The molecule has 1 heterocycles. The van der Waals surface area contributed by atoms with Crippen LogP contribution in [0, 0.1) is 13.8 Å². The molecule has 0 radical (unpaired) electrons. The lowest BCUT2D eigenvalue weighted by Crippen LogP contribution is -1.97. The van der Waals surface area contributed by atoms with Crippen LogP contribution in [0.2, 0.25) is 0 Å². The van der Waals surface area contributed by atoms with Crippen LogP contribution in [0.15, 0.2) is 28.9 Å². The van der Waals surface area contributed by atoms with Crippen LogP contribution >= 0.6 is 15.9 Å². The highest BCUT2D eigenvalue weighted by atomic mass is 79.9. The Morgan fingerprint density at radius 2 is 2.06 bits per heavy atom. The van der Waals surface area contributed by atoms with Gasteiger partial charge in [-0.05, 0) is 31.5 Å². The molecule has 0 saturated carbocycles. The molecule has 0 unspecified atom stereocenters. The van der Waals surface area contributed by atoms with Gasteiger partial charge in [-0.1, -0.05) is 15.9 Å². The zero-order chi connectivity index (χ0) is 12.4. The van der Waals surface area contributed by atoms with Gasteiger partial charge in [-0.3, -0.25) is 0 Å². The van der Waals surface area contributed by atoms with E-state index < -0.39 is 0 Å². The van der Waals surface area contributed by atoms with E-state index in [4.69, 9.17) is 10.5 Å². The number of nitrogen functional groups attached to an aromatic ring is 1. The third-order valence-corrected chi connectivity index (χ3v) is 2.68. The third-order valence-electron chi connectivity index (χ3n) is 2.23. The number of anilines is 1. The minimum atomic E-state index is 0.495. The van der Waals surface area contributed by atoms with E-state index in [1.807, 2.05) is 19.9 Å². The molecule has 0 bridgehead atoms. The minimum Gasteiger partial charge on any atom is -0.436 e. The zero-order valence-electron chi connectivity index (χ0n) is 9.57. The molecule has 2 rings (SSSR count). The number of aryl methyl sites for hydroxylation is 2. The summed E-state index contributed by atoms with van der Waals surface area (Å²) in [6, 6.07) is 5.45. The fraction of sp³-hybridized carbons (Fsp3) is 0.167. The Kier molecular flexibility index (Phi) is 3.28. The molecule has 0 amide bonds. The van der Waals surface area contributed by atoms with E-state index in [0.29, 0.717) is 23.1 Å². The molecule has 0 aliphatic heterocycles. The van der Waals surface area contributed by atoms with Gasteiger partial charge in [-0.25, -0.2) is 4.98 Å². The largest absolute Gasteiger partial charge is 0.436 e. The van der Waals surface area contributed by atoms with Crippen molar-refractivity contribution in [2.45, 2.75) is 13.8 Å². The predicted octanol–water partition coefficient (Wildman–Crippen LogP) is 3.23. The molecular formula is C12H12BrN3O. The Hall–Kier alpha value is -1.62. The van der Waals surface area contributed by atoms with Crippen molar-refractivity contribution in [1.82, 2.24) is 9.97 Å². The number of hydrogen-bond donors (Lipinski definition) is 1. The highest BCUT2D eigenvalue weighted by Crippen LogP contribution is 2.32. The number of nitrogens with zero attached hydrogens (tertiary/aromatic N) is 2. The number of rotatable bonds is 2. The van der Waals surface area contributed by atoms with E-state index >= 15 is 0 Å². The van der Waals surface area contributed by atoms with Crippen LogP contribution in [0.5, 0.6) is 11.6 Å². The number of aromatic nitrogens is 2. The number of nitrogens with two attached hydrogens (primary N) is 1. The van der Waals surface area contributed by atoms with Crippen LogP contribution in [-0.4, -0.2) is 9.97 Å². The van der Waals surface area contributed by atoms with Crippen molar-refractivity contribution in [2.24, 2.45) is 0 Å². The first-order valence-electron chi connectivity index (χ1n) is 5.09. The summed E-state index contributed by atoms with van der Waals surface area (Å²) in [6.45, 7) is 3.75. The lowest BCUT2D eigenvalue weighted by atomic mass is 10.2. The van der Waals surface area contributed by atoms with Crippen LogP contribution in [-0.2, 0) is 0 Å². The van der Waals surface area contributed by atoms with Crippen molar-refractivity contribution in [3.8, 4) is 11.6 Å². The van der Waals surface area contributed by atoms with E-state index in [1.54, 1.807) is 18.3 Å². The maximum Gasteiger partial charge on any atom is 0.222 e. The lowest BCUT2D eigenvalue weighted by molar-refractivity contribution is 0.458. The van der Waals surface area contributed by atoms with E-state index in [9.17, 15) is 0 Å². The summed E-state index contributed by atoms with van der Waals surface area (Å²) in [6.07, 6.45) is 1.65. The summed E-state index contributed by atoms with van der Waals surface area (Å²) in [5, 5.41) is 0. The summed E-state index contributed by atoms with van der Waals surface area (Å²) >= 11 is 3.38. The topological polar surface area (TPSA) is 61.0 Å². The Labute approximate surface area is 108 Å². The number of halogens is 1. The van der Waals surface area contributed by atoms with Gasteiger partial charge in [-0.15, -0.1) is 0 Å². The minimum absolute atomic E-state index is 0.495. The van der Waals surface area contributed by atoms with Gasteiger partial charge in [0.1, 0.15) is 5.82 Å². The molecule has 1 aromatic heterocycles. The van der Waals surface area contributed by atoms with Crippen molar-refractivity contribution >= 4 is 21.6 Å². The second kappa shape index (κ2) is 4.71. The van der Waals surface area contributed by atoms with Gasteiger partial charge in [-0.2, -0.15) is 4.98 Å². The summed E-state index contributed by atoms with van der Waals surface area (Å²) in [5.74, 6) is 1.79. The number of hydrogen-bond acceptors (Lipinski definition) is 4. The van der Waals surface area contributed by atoms with Gasteiger partial charge in [0.15, 0.2) is 5.75 Å². The van der Waals surface area contributed by atoms with Crippen LogP contribution in [0.1, 0.15) is 11.4 Å². The van der Waals surface area contributed by atoms with Crippen LogP contribution in [0.25, 0.3) is 0 Å². The summed E-state index contributed by atoms with van der Waals surface area (Å²) in [4.78, 5) is 8.18. The van der Waals surface area contributed by atoms with Crippen molar-refractivity contribution in [2.75, 3.05) is 5.73 Å². The van der Waals surface area contributed by atoms with Gasteiger partial charge in [0.25, 0.3) is 0 Å². The van der Waals surface area contributed by atoms with Gasteiger partial charge in [0.2, 0.25) is 5.88 Å². The second-order valence-corrected chi connectivity index (χ2v) is 4.60. The van der Waals surface area contributed by atoms with Crippen molar-refractivity contribution in [3.05, 3.63) is 40.3 Å². The quantitative estimate of drug-likeness (QED) is 0.864. The maximum atomic E-state index is 5.91. The predicted molar refractivity (Wildman–Crippen MR) is 70.1 cm³/mol. The molecular weight excluding hydrogens is 282 g/mol. The number of ether oxygens (including phenoxy) is 1. The van der Waals surface area contributed by atoms with Crippen LogP contribution in [0.4, 0.5) is 5.69 Å². The fourth-order valence-electron chi connectivity index (χ4n) is 1.49. The Balaban J connectivity index is 2.36. The smallest absolute Gasteiger partial charge is 0.222 e.